The Kier molecular flexibility index (Phi) is 16.7. The number of nitrogens with zero attached hydrogens (tertiary/aromatic N) is 1. The van der Waals surface area contributed by atoms with Crippen LogP contribution in [0.1, 0.15) is 6.92 Å². The minimum atomic E-state index is -0.613. The monoisotopic (exact) mass is 266 g/mol. The molecule has 14 heavy (non-hydrogen) atoms. The van der Waals surface area contributed by atoms with Gasteiger partial charge in [0.25, 0.3) is 10.3 Å². The van der Waals surface area contributed by atoms with Gasteiger partial charge in [-0.2, -0.15) is 0 Å². The van der Waals surface area contributed by atoms with Crippen LogP contribution in [0.2, 0.25) is 0 Å². The summed E-state index contributed by atoms with van der Waals surface area (Å²) in [5, 5.41) is 15.6. The van der Waals surface area contributed by atoms with E-state index >= 15 is 0 Å². The Bertz CT molecular complexity index is 201. The van der Waals surface area contributed by atoms with Crippen molar-refractivity contribution >= 4 is 92.1 Å². The Morgan fingerprint density at radius 1 is 1.43 bits per heavy atom. The van der Waals surface area contributed by atoms with E-state index in [9.17, 15) is 4.79 Å². The fraction of sp³-hybridized carbons (Fsp3) is 0.250. The Morgan fingerprint density at radius 3 is 1.71 bits per heavy atom. The Balaban J connectivity index is -0.000000177. The van der Waals surface area contributed by atoms with E-state index in [0.717, 1.165) is 0 Å². The van der Waals surface area contributed by atoms with Crippen molar-refractivity contribution in [2.24, 2.45) is 11.7 Å². The second-order valence-electron chi connectivity index (χ2n) is 1.62. The molecule has 0 saturated heterocycles. The maximum absolute atomic E-state index is 10.1. The molecule has 78 valence electrons. The minimum absolute atomic E-state index is 0. The molecule has 0 aromatic rings. The summed E-state index contributed by atoms with van der Waals surface area (Å²) < 4.78 is 0. The molecule has 0 unspecified atom stereocenters. The number of rotatable bonds is 0. The molecule has 0 spiro atoms. The third kappa shape index (κ3) is 15.1. The van der Waals surface area contributed by atoms with Gasteiger partial charge in [0, 0.05) is 6.92 Å². The van der Waals surface area contributed by atoms with Crippen LogP contribution in [-0.2, 0) is 4.79 Å². The number of nitrogens with one attached hydrogen (secondary N) is 1. The van der Waals surface area contributed by atoms with Crippen molar-refractivity contribution < 1.29 is 15.0 Å². The van der Waals surface area contributed by atoms with Crippen molar-refractivity contribution in [2.45, 2.75) is 6.92 Å². The molecule has 0 radical (unpaired) electrons. The van der Waals surface area contributed by atoms with E-state index in [0.29, 0.717) is 5.01 Å². The Labute approximate surface area is 134 Å². The van der Waals surface area contributed by atoms with E-state index in [2.05, 4.69) is 30.3 Å². The average molecular weight is 266 g/mol. The molecule has 0 fully saturated rings. The van der Waals surface area contributed by atoms with Crippen LogP contribution >= 0.6 is 24.4 Å². The third-order valence-corrected chi connectivity index (χ3v) is 0.983. The first kappa shape index (κ1) is 20.1. The summed E-state index contributed by atoms with van der Waals surface area (Å²) >= 11 is 8.15. The molecule has 0 saturated carbocycles. The van der Waals surface area contributed by atoms with Crippen molar-refractivity contribution in [1.29, 1.82) is 0 Å². The molecule has 7 nitrogen and oxygen atoms in total. The number of hydrazine groups is 2. The number of hydrogen-bond acceptors (Lipinski definition) is 5. The number of carbonyl (C=O) groups is 1. The average Bonchev–Trinajstić information content (AvgIpc) is 2.03. The molecule has 1 amide bonds. The van der Waals surface area contributed by atoms with Gasteiger partial charge in [0.15, 0.2) is 0 Å². The van der Waals surface area contributed by atoms with E-state index < -0.39 is 11.1 Å². The van der Waals surface area contributed by atoms with Crippen molar-refractivity contribution in [3.63, 3.8) is 0 Å². The summed E-state index contributed by atoms with van der Waals surface area (Å²) in [6.45, 7) is 1.20. The second-order valence-corrected chi connectivity index (χ2v) is 2.37. The van der Waals surface area contributed by atoms with Crippen molar-refractivity contribution in [2.75, 3.05) is 0 Å². The van der Waals surface area contributed by atoms with Crippen LogP contribution in [0.5, 0.6) is 0 Å². The molecule has 7 N–H and O–H groups in total. The van der Waals surface area contributed by atoms with Crippen LogP contribution in [0, 0.1) is 0 Å². The number of thiocarbonyl (C=S) groups is 2. The summed E-state index contributed by atoms with van der Waals surface area (Å²) in [5.74, 6) is 8.89. The van der Waals surface area contributed by atoms with Crippen LogP contribution in [0.3, 0.4) is 0 Å². The number of amides is 1. The van der Waals surface area contributed by atoms with Crippen LogP contribution in [-0.4, -0.2) is 82.9 Å². The molecule has 0 aliphatic carbocycles. The first-order valence-corrected chi connectivity index (χ1v) is 3.62. The van der Waals surface area contributed by atoms with Crippen molar-refractivity contribution in [1.82, 2.24) is 10.4 Å². The van der Waals surface area contributed by atoms with Gasteiger partial charge < -0.3 is 10.2 Å². The zero-order chi connectivity index (χ0) is 11.0. The van der Waals surface area contributed by atoms with E-state index in [1.165, 1.54) is 6.92 Å². The van der Waals surface area contributed by atoms with Crippen LogP contribution in [0.25, 0.3) is 0 Å². The maximum atomic E-state index is 10.1. The standard InChI is InChI=1S/C3H6N2O2S.CH4N2OS.K.H/c1-2(6)5(4)3(7)8;2-3-1(4)5;;/h4H2,1H3,(H,7,8);2H2,(H2,3,4,5);;. The van der Waals surface area contributed by atoms with Crippen LogP contribution < -0.4 is 17.1 Å². The Morgan fingerprint density at radius 2 is 1.71 bits per heavy atom. The van der Waals surface area contributed by atoms with Gasteiger partial charge in [-0.3, -0.25) is 10.2 Å². The van der Waals surface area contributed by atoms with Crippen molar-refractivity contribution in [3.05, 3.63) is 0 Å². The van der Waals surface area contributed by atoms with Crippen LogP contribution in [0.15, 0.2) is 0 Å². The molecule has 0 bridgehead atoms. The summed E-state index contributed by atoms with van der Waals surface area (Å²) in [6, 6.07) is 0. The zero-order valence-electron chi connectivity index (χ0n) is 6.72. The molecular weight excluding hydrogens is 255 g/mol. The number of aliphatic hydroxyl groups is 2. The fourth-order valence-corrected chi connectivity index (χ4v) is 0.263. The van der Waals surface area contributed by atoms with Gasteiger partial charge in [-0.05, 0) is 24.4 Å². The quantitative estimate of drug-likeness (QED) is 0.114. The van der Waals surface area contributed by atoms with Gasteiger partial charge in [0.1, 0.15) is 0 Å². The molecular formula is C4H11KN4O3S2. The van der Waals surface area contributed by atoms with Gasteiger partial charge >= 0.3 is 51.4 Å². The van der Waals surface area contributed by atoms with E-state index in [1.807, 2.05) is 5.43 Å². The van der Waals surface area contributed by atoms with Gasteiger partial charge in [-0.25, -0.2) is 16.7 Å². The van der Waals surface area contributed by atoms with E-state index in [-0.39, 0.29) is 56.6 Å². The molecule has 0 aromatic heterocycles. The summed E-state index contributed by atoms with van der Waals surface area (Å²) in [6.07, 6.45) is 0. The predicted molar refractivity (Wildman–Crippen MR) is 61.6 cm³/mol. The summed E-state index contributed by atoms with van der Waals surface area (Å²) in [4.78, 5) is 10.1. The molecule has 10 heteroatoms. The van der Waals surface area contributed by atoms with Gasteiger partial charge in [0.2, 0.25) is 5.91 Å². The first-order chi connectivity index (χ1) is 5.82. The number of nitrogens with two attached hydrogens (primary N) is 2. The van der Waals surface area contributed by atoms with E-state index in [1.54, 1.807) is 0 Å². The number of carbonyl (C=O) groups excluding carboxylic acids is 1. The van der Waals surface area contributed by atoms with Crippen molar-refractivity contribution in [3.8, 4) is 0 Å². The SMILES string of the molecule is CC(=O)N(N)C(O)=S.NNC(O)=S.[KH]. The topological polar surface area (TPSA) is 125 Å². The summed E-state index contributed by atoms with van der Waals surface area (Å²) in [5.41, 5.74) is 1.81. The van der Waals surface area contributed by atoms with E-state index in [4.69, 9.17) is 16.1 Å². The molecule has 0 heterocycles. The normalized spacial score (nSPS) is 7.07. The third-order valence-electron chi connectivity index (χ3n) is 0.669. The zero-order valence-corrected chi connectivity index (χ0v) is 8.35. The molecule has 0 rings (SSSR count). The van der Waals surface area contributed by atoms with Gasteiger partial charge in [0.05, 0.1) is 0 Å². The second kappa shape index (κ2) is 11.7. The molecule has 0 atom stereocenters. The molecule has 0 aromatic carbocycles. The molecule has 0 aliphatic heterocycles. The predicted octanol–water partition coefficient (Wildman–Crippen LogP) is -1.80. The number of hydrogen-bond donors (Lipinski definition) is 5. The van der Waals surface area contributed by atoms with Gasteiger partial charge in [-0.1, -0.05) is 0 Å². The van der Waals surface area contributed by atoms with Gasteiger partial charge in [-0.15, -0.1) is 0 Å². The Hall–Kier alpha value is 0.606. The molecule has 0 aliphatic rings. The first-order valence-electron chi connectivity index (χ1n) is 2.80. The van der Waals surface area contributed by atoms with Crippen LogP contribution in [0.4, 0.5) is 0 Å². The summed E-state index contributed by atoms with van der Waals surface area (Å²) in [7, 11) is 0. The fourth-order valence-electron chi connectivity index (χ4n) is 0.135. The number of aliphatic hydroxyl groups excluding tert-OH is 2.